The van der Waals surface area contributed by atoms with Crippen molar-refractivity contribution in [2.75, 3.05) is 42.9 Å². The van der Waals surface area contributed by atoms with Crippen molar-refractivity contribution in [3.8, 4) is 11.1 Å². The first-order valence-corrected chi connectivity index (χ1v) is 12.9. The molecule has 1 N–H and O–H groups in total. The highest BCUT2D eigenvalue weighted by Crippen LogP contribution is 2.42. The fourth-order valence-electron chi connectivity index (χ4n) is 5.81. The molecule has 0 radical (unpaired) electrons. The van der Waals surface area contributed by atoms with Crippen molar-refractivity contribution in [1.82, 2.24) is 14.9 Å². The summed E-state index contributed by atoms with van der Waals surface area (Å²) in [4.78, 5) is 13.9. The van der Waals surface area contributed by atoms with E-state index in [9.17, 15) is 4.39 Å². The van der Waals surface area contributed by atoms with Gasteiger partial charge in [-0.2, -0.15) is 0 Å². The van der Waals surface area contributed by atoms with Crippen molar-refractivity contribution in [2.24, 2.45) is 11.3 Å². The molecule has 3 aromatic rings. The van der Waals surface area contributed by atoms with E-state index in [1.165, 1.54) is 44.1 Å². The van der Waals surface area contributed by atoms with Gasteiger partial charge in [-0.3, -0.25) is 0 Å². The van der Waals surface area contributed by atoms with Crippen LogP contribution in [0.4, 0.5) is 21.6 Å². The predicted octanol–water partition coefficient (Wildman–Crippen LogP) is 6.15. The van der Waals surface area contributed by atoms with E-state index < -0.39 is 0 Å². The van der Waals surface area contributed by atoms with Crippen LogP contribution in [-0.2, 0) is 6.42 Å². The van der Waals surface area contributed by atoms with Crippen LogP contribution in [0.25, 0.3) is 11.1 Å². The minimum absolute atomic E-state index is 0.241. The Labute approximate surface area is 208 Å². The van der Waals surface area contributed by atoms with Crippen LogP contribution in [0.2, 0.25) is 0 Å². The van der Waals surface area contributed by atoms with E-state index in [0.717, 1.165) is 53.7 Å². The van der Waals surface area contributed by atoms with Crippen LogP contribution in [0.15, 0.2) is 55.0 Å². The molecule has 3 heterocycles. The Bertz CT molecular complexity index is 1160. The molecule has 0 saturated carbocycles. The SMILES string of the molecule is CCc1ccccc1-c1cc(F)ccc1Nc1cncnc1N1CCC2(CC1)CN(CC(C)C)C2. The van der Waals surface area contributed by atoms with Gasteiger partial charge in [0.15, 0.2) is 5.82 Å². The summed E-state index contributed by atoms with van der Waals surface area (Å²) in [6.07, 6.45) is 6.72. The van der Waals surface area contributed by atoms with Gasteiger partial charge in [0.25, 0.3) is 0 Å². The fraction of sp³-hybridized carbons (Fsp3) is 0.448. The third-order valence-corrected chi connectivity index (χ3v) is 7.50. The molecule has 5 nitrogen and oxygen atoms in total. The van der Waals surface area contributed by atoms with Crippen molar-refractivity contribution >= 4 is 17.2 Å². The first-order valence-electron chi connectivity index (χ1n) is 12.9. The maximum absolute atomic E-state index is 14.3. The highest BCUT2D eigenvalue weighted by Gasteiger charge is 2.44. The first-order chi connectivity index (χ1) is 17.0. The number of aryl methyl sites for hydroxylation is 1. The maximum atomic E-state index is 14.3. The smallest absolute Gasteiger partial charge is 0.155 e. The average molecular weight is 474 g/mol. The van der Waals surface area contributed by atoms with Gasteiger partial charge in [-0.15, -0.1) is 0 Å². The molecule has 0 amide bonds. The summed E-state index contributed by atoms with van der Waals surface area (Å²) in [6.45, 7) is 12.4. The van der Waals surface area contributed by atoms with E-state index in [2.05, 4.69) is 58.0 Å². The molecule has 184 valence electrons. The lowest BCUT2D eigenvalue weighted by Gasteiger charge is -2.54. The number of aromatic nitrogens is 2. The number of hydrogen-bond donors (Lipinski definition) is 1. The van der Waals surface area contributed by atoms with Crippen LogP contribution in [-0.4, -0.2) is 47.6 Å². The number of piperidine rings is 1. The third kappa shape index (κ3) is 5.03. The third-order valence-electron chi connectivity index (χ3n) is 7.50. The lowest BCUT2D eigenvalue weighted by Crippen LogP contribution is -2.60. The zero-order chi connectivity index (χ0) is 24.4. The Morgan fingerprint density at radius 1 is 1.03 bits per heavy atom. The van der Waals surface area contributed by atoms with Crippen LogP contribution >= 0.6 is 0 Å². The number of nitrogens with zero attached hydrogens (tertiary/aromatic N) is 4. The highest BCUT2D eigenvalue weighted by molar-refractivity contribution is 5.84. The van der Waals surface area contributed by atoms with Gasteiger partial charge < -0.3 is 15.1 Å². The normalized spacial score (nSPS) is 17.6. The molecule has 0 atom stereocenters. The van der Waals surface area contributed by atoms with E-state index in [0.29, 0.717) is 5.41 Å². The molecule has 2 aromatic carbocycles. The molecule has 2 saturated heterocycles. The van der Waals surface area contributed by atoms with Crippen LogP contribution in [0, 0.1) is 17.2 Å². The Morgan fingerprint density at radius 2 is 1.80 bits per heavy atom. The molecule has 2 aliphatic heterocycles. The number of likely N-dealkylation sites (tertiary alicyclic amines) is 1. The van der Waals surface area contributed by atoms with Crippen LogP contribution in [0.1, 0.15) is 39.2 Å². The van der Waals surface area contributed by atoms with Crippen molar-refractivity contribution in [1.29, 1.82) is 0 Å². The highest BCUT2D eigenvalue weighted by atomic mass is 19.1. The zero-order valence-electron chi connectivity index (χ0n) is 21.1. The molecular formula is C29H36FN5. The number of benzene rings is 2. The quantitative estimate of drug-likeness (QED) is 0.446. The van der Waals surface area contributed by atoms with Gasteiger partial charge in [-0.25, -0.2) is 14.4 Å². The Hall–Kier alpha value is -2.99. The molecule has 5 rings (SSSR count). The number of rotatable bonds is 7. The minimum Gasteiger partial charge on any atom is -0.355 e. The molecule has 2 aliphatic rings. The molecule has 35 heavy (non-hydrogen) atoms. The van der Waals surface area contributed by atoms with Crippen molar-refractivity contribution in [3.05, 3.63) is 66.4 Å². The Balaban J connectivity index is 1.35. The number of anilines is 3. The van der Waals surface area contributed by atoms with E-state index in [4.69, 9.17) is 0 Å². The van der Waals surface area contributed by atoms with Crippen LogP contribution < -0.4 is 10.2 Å². The lowest BCUT2D eigenvalue weighted by atomic mass is 9.71. The largest absolute Gasteiger partial charge is 0.355 e. The molecule has 2 fully saturated rings. The summed E-state index contributed by atoms with van der Waals surface area (Å²) in [5.74, 6) is 1.41. The van der Waals surface area contributed by atoms with Gasteiger partial charge in [0.05, 0.1) is 6.20 Å². The average Bonchev–Trinajstić information content (AvgIpc) is 2.85. The van der Waals surface area contributed by atoms with Crippen LogP contribution in [0.5, 0.6) is 0 Å². The number of halogens is 1. The van der Waals surface area contributed by atoms with Gasteiger partial charge >= 0.3 is 0 Å². The molecule has 0 aliphatic carbocycles. The van der Waals surface area contributed by atoms with Crippen molar-refractivity contribution in [3.63, 3.8) is 0 Å². The fourth-order valence-corrected chi connectivity index (χ4v) is 5.81. The van der Waals surface area contributed by atoms with Crippen molar-refractivity contribution in [2.45, 2.75) is 40.0 Å². The number of nitrogens with one attached hydrogen (secondary N) is 1. The molecule has 6 heteroatoms. The summed E-state index contributed by atoms with van der Waals surface area (Å²) in [5.41, 5.74) is 5.29. The standard InChI is InChI=1S/C29H36FN5/c1-4-22-7-5-6-8-24(22)25-15-23(30)9-10-26(25)33-27-16-31-20-32-28(27)35-13-11-29(12-14-35)18-34(19-29)17-21(2)3/h5-10,15-16,20-21,33H,4,11-14,17-19H2,1-3H3. The van der Waals surface area contributed by atoms with Crippen LogP contribution in [0.3, 0.4) is 0 Å². The molecule has 1 spiro atoms. The van der Waals surface area contributed by atoms with Gasteiger partial charge in [-0.05, 0) is 59.9 Å². The summed E-state index contributed by atoms with van der Waals surface area (Å²) < 4.78 is 14.3. The summed E-state index contributed by atoms with van der Waals surface area (Å²) in [6, 6.07) is 13.1. The Kier molecular flexibility index (Phi) is 6.74. The maximum Gasteiger partial charge on any atom is 0.155 e. The second kappa shape index (κ2) is 9.94. The van der Waals surface area contributed by atoms with E-state index in [1.807, 2.05) is 24.4 Å². The summed E-state index contributed by atoms with van der Waals surface area (Å²) in [7, 11) is 0. The van der Waals surface area contributed by atoms with Gasteiger partial charge in [-0.1, -0.05) is 45.0 Å². The second-order valence-corrected chi connectivity index (χ2v) is 10.6. The Morgan fingerprint density at radius 3 is 2.54 bits per heavy atom. The van der Waals surface area contributed by atoms with Gasteiger partial charge in [0, 0.05) is 44.0 Å². The number of hydrogen-bond acceptors (Lipinski definition) is 5. The summed E-state index contributed by atoms with van der Waals surface area (Å²) in [5, 5.41) is 3.55. The monoisotopic (exact) mass is 473 g/mol. The van der Waals surface area contributed by atoms with E-state index in [-0.39, 0.29) is 5.82 Å². The zero-order valence-corrected chi connectivity index (χ0v) is 21.1. The van der Waals surface area contributed by atoms with E-state index >= 15 is 0 Å². The first kappa shape index (κ1) is 23.7. The van der Waals surface area contributed by atoms with Gasteiger partial charge in [0.2, 0.25) is 0 Å². The predicted molar refractivity (Wildman–Crippen MR) is 142 cm³/mol. The molecule has 0 bridgehead atoms. The molecule has 0 unspecified atom stereocenters. The van der Waals surface area contributed by atoms with E-state index in [1.54, 1.807) is 12.4 Å². The minimum atomic E-state index is -0.241. The lowest BCUT2D eigenvalue weighted by molar-refractivity contribution is -0.0247. The van der Waals surface area contributed by atoms with Gasteiger partial charge in [0.1, 0.15) is 17.8 Å². The summed E-state index contributed by atoms with van der Waals surface area (Å²) >= 11 is 0. The molecular weight excluding hydrogens is 437 g/mol. The topological polar surface area (TPSA) is 44.3 Å². The second-order valence-electron chi connectivity index (χ2n) is 10.6. The van der Waals surface area contributed by atoms with Crippen molar-refractivity contribution < 1.29 is 4.39 Å². The molecule has 1 aromatic heterocycles.